The predicted molar refractivity (Wildman–Crippen MR) is 46.5 cm³/mol. The molecule has 1 atom stereocenters. The number of rotatable bonds is 3. The average molecular weight is 165 g/mol. The van der Waals surface area contributed by atoms with Gasteiger partial charge in [0.2, 0.25) is 0 Å². The number of hydrogen-bond donors (Lipinski definition) is 1. The maximum Gasteiger partial charge on any atom is 0.0240 e. The van der Waals surface area contributed by atoms with E-state index in [1.54, 1.807) is 0 Å². The Morgan fingerprint density at radius 3 is 2.10 bits per heavy atom. The van der Waals surface area contributed by atoms with Crippen molar-refractivity contribution in [2.45, 2.75) is 18.9 Å². The third-order valence-corrected chi connectivity index (χ3v) is 2.07. The predicted octanol–water partition coefficient (Wildman–Crippen LogP) is 0.707. The van der Waals surface area contributed by atoms with Crippen LogP contribution in [0.4, 0.5) is 0 Å². The van der Waals surface area contributed by atoms with E-state index in [1.807, 2.05) is 0 Å². The summed E-state index contributed by atoms with van der Waals surface area (Å²) in [6, 6.07) is 0.644. The lowest BCUT2D eigenvalue weighted by Gasteiger charge is -2.21. The zero-order chi connectivity index (χ0) is 6.85. The van der Waals surface area contributed by atoms with E-state index in [9.17, 15) is 0 Å². The van der Waals surface area contributed by atoms with Gasteiger partial charge in [0.1, 0.15) is 0 Å². The molecule has 62 valence electrons. The van der Waals surface area contributed by atoms with Gasteiger partial charge in [-0.2, -0.15) is 0 Å². The molecule has 0 aliphatic heterocycles. The molecule has 1 aliphatic rings. The van der Waals surface area contributed by atoms with Crippen molar-refractivity contribution in [2.75, 3.05) is 20.6 Å². The van der Waals surface area contributed by atoms with Crippen molar-refractivity contribution in [1.82, 2.24) is 4.90 Å². The van der Waals surface area contributed by atoms with Crippen molar-refractivity contribution in [2.24, 2.45) is 11.7 Å². The highest BCUT2D eigenvalue weighted by molar-refractivity contribution is 5.85. The Morgan fingerprint density at radius 1 is 1.50 bits per heavy atom. The highest BCUT2D eigenvalue weighted by atomic mass is 35.5. The van der Waals surface area contributed by atoms with E-state index >= 15 is 0 Å². The second kappa shape index (κ2) is 4.16. The zero-order valence-electron chi connectivity index (χ0n) is 6.71. The van der Waals surface area contributed by atoms with Gasteiger partial charge in [0, 0.05) is 12.6 Å². The van der Waals surface area contributed by atoms with Crippen molar-refractivity contribution in [3.63, 3.8) is 0 Å². The van der Waals surface area contributed by atoms with Crippen LogP contribution < -0.4 is 5.73 Å². The molecule has 1 unspecified atom stereocenters. The number of halogens is 1. The van der Waals surface area contributed by atoms with E-state index in [1.165, 1.54) is 12.8 Å². The van der Waals surface area contributed by atoms with Gasteiger partial charge in [-0.25, -0.2) is 0 Å². The van der Waals surface area contributed by atoms with Crippen molar-refractivity contribution < 1.29 is 0 Å². The zero-order valence-corrected chi connectivity index (χ0v) is 7.53. The molecule has 0 aromatic heterocycles. The first-order valence-corrected chi connectivity index (χ1v) is 3.62. The van der Waals surface area contributed by atoms with Gasteiger partial charge in [0.15, 0.2) is 0 Å². The fraction of sp³-hybridized carbons (Fsp3) is 1.00. The molecule has 0 bridgehead atoms. The SMILES string of the molecule is CN(C)C(CN)C1CC1.Cl. The quantitative estimate of drug-likeness (QED) is 0.666. The van der Waals surface area contributed by atoms with Gasteiger partial charge in [0.05, 0.1) is 0 Å². The monoisotopic (exact) mass is 164 g/mol. The molecule has 0 aromatic rings. The first-order valence-electron chi connectivity index (χ1n) is 3.62. The van der Waals surface area contributed by atoms with Crippen molar-refractivity contribution in [3.05, 3.63) is 0 Å². The van der Waals surface area contributed by atoms with Crippen molar-refractivity contribution in [1.29, 1.82) is 0 Å². The Hall–Kier alpha value is 0.210. The second-order valence-corrected chi connectivity index (χ2v) is 3.10. The minimum Gasteiger partial charge on any atom is -0.329 e. The van der Waals surface area contributed by atoms with Gasteiger partial charge >= 0.3 is 0 Å². The molecule has 2 N–H and O–H groups in total. The molecule has 1 aliphatic carbocycles. The van der Waals surface area contributed by atoms with Crippen LogP contribution in [0.2, 0.25) is 0 Å². The van der Waals surface area contributed by atoms with Crippen LogP contribution in [-0.2, 0) is 0 Å². The van der Waals surface area contributed by atoms with Crippen LogP contribution in [0.15, 0.2) is 0 Å². The van der Waals surface area contributed by atoms with Crippen LogP contribution in [0.3, 0.4) is 0 Å². The summed E-state index contributed by atoms with van der Waals surface area (Å²) in [7, 11) is 4.21. The normalized spacial score (nSPS) is 20.4. The van der Waals surface area contributed by atoms with Gasteiger partial charge in [-0.3, -0.25) is 0 Å². The molecule has 0 aromatic carbocycles. The van der Waals surface area contributed by atoms with Crippen molar-refractivity contribution in [3.8, 4) is 0 Å². The lowest BCUT2D eigenvalue weighted by atomic mass is 10.2. The fourth-order valence-electron chi connectivity index (χ4n) is 1.31. The maximum atomic E-state index is 5.57. The topological polar surface area (TPSA) is 29.3 Å². The van der Waals surface area contributed by atoms with Crippen LogP contribution in [-0.4, -0.2) is 31.6 Å². The van der Waals surface area contributed by atoms with E-state index in [-0.39, 0.29) is 12.4 Å². The molecule has 1 saturated carbocycles. The first-order chi connectivity index (χ1) is 4.25. The summed E-state index contributed by atoms with van der Waals surface area (Å²) in [6.45, 7) is 0.817. The van der Waals surface area contributed by atoms with Gasteiger partial charge in [0.25, 0.3) is 0 Å². The number of hydrogen-bond acceptors (Lipinski definition) is 2. The molecule has 0 amide bonds. The first kappa shape index (κ1) is 10.2. The molecule has 0 spiro atoms. The lowest BCUT2D eigenvalue weighted by Crippen LogP contribution is -2.36. The minimum atomic E-state index is 0. The molecule has 10 heavy (non-hydrogen) atoms. The van der Waals surface area contributed by atoms with Gasteiger partial charge in [-0.15, -0.1) is 12.4 Å². The van der Waals surface area contributed by atoms with E-state index in [2.05, 4.69) is 19.0 Å². The van der Waals surface area contributed by atoms with E-state index in [0.717, 1.165) is 12.5 Å². The summed E-state index contributed by atoms with van der Waals surface area (Å²) in [5, 5.41) is 0. The Morgan fingerprint density at radius 2 is 2.00 bits per heavy atom. The summed E-state index contributed by atoms with van der Waals surface area (Å²) in [4.78, 5) is 2.23. The van der Waals surface area contributed by atoms with Crippen LogP contribution in [0, 0.1) is 5.92 Å². The molecule has 1 rings (SSSR count). The van der Waals surface area contributed by atoms with Gasteiger partial charge < -0.3 is 10.6 Å². The summed E-state index contributed by atoms with van der Waals surface area (Å²) >= 11 is 0. The Kier molecular flexibility index (Phi) is 4.25. The Labute approximate surface area is 69.2 Å². The van der Waals surface area contributed by atoms with Crippen LogP contribution in [0.25, 0.3) is 0 Å². The van der Waals surface area contributed by atoms with Crippen LogP contribution in [0.1, 0.15) is 12.8 Å². The molecule has 0 radical (unpaired) electrons. The van der Waals surface area contributed by atoms with Gasteiger partial charge in [-0.05, 0) is 32.9 Å². The Balaban J connectivity index is 0.000000810. The standard InChI is InChI=1S/C7H16N2.ClH/c1-9(2)7(5-8)6-3-4-6;/h6-7H,3-5,8H2,1-2H3;1H. The number of nitrogens with two attached hydrogens (primary N) is 1. The number of nitrogens with zero attached hydrogens (tertiary/aromatic N) is 1. The highest BCUT2D eigenvalue weighted by Crippen LogP contribution is 2.33. The molecular formula is C7H17ClN2. The summed E-state index contributed by atoms with van der Waals surface area (Å²) in [6.07, 6.45) is 2.78. The minimum absolute atomic E-state index is 0. The van der Waals surface area contributed by atoms with E-state index in [4.69, 9.17) is 5.73 Å². The molecule has 1 fully saturated rings. The average Bonchev–Trinajstić information content (AvgIpc) is 2.50. The highest BCUT2D eigenvalue weighted by Gasteiger charge is 2.31. The lowest BCUT2D eigenvalue weighted by molar-refractivity contribution is 0.271. The van der Waals surface area contributed by atoms with E-state index in [0.29, 0.717) is 6.04 Å². The summed E-state index contributed by atoms with van der Waals surface area (Å²) in [5.74, 6) is 0.907. The smallest absolute Gasteiger partial charge is 0.0240 e. The molecule has 0 saturated heterocycles. The fourth-order valence-corrected chi connectivity index (χ4v) is 1.31. The Bertz CT molecular complexity index is 89.6. The maximum absolute atomic E-state index is 5.57. The molecular weight excluding hydrogens is 148 g/mol. The van der Waals surface area contributed by atoms with Crippen LogP contribution >= 0.6 is 12.4 Å². The second-order valence-electron chi connectivity index (χ2n) is 3.10. The third-order valence-electron chi connectivity index (χ3n) is 2.07. The largest absolute Gasteiger partial charge is 0.329 e. The van der Waals surface area contributed by atoms with Crippen LogP contribution in [0.5, 0.6) is 0 Å². The third kappa shape index (κ3) is 2.45. The summed E-state index contributed by atoms with van der Waals surface area (Å²) < 4.78 is 0. The summed E-state index contributed by atoms with van der Waals surface area (Å²) in [5.41, 5.74) is 5.57. The molecule has 2 nitrogen and oxygen atoms in total. The van der Waals surface area contributed by atoms with Crippen molar-refractivity contribution >= 4 is 12.4 Å². The number of likely N-dealkylation sites (N-methyl/N-ethyl adjacent to an activating group) is 1. The van der Waals surface area contributed by atoms with Gasteiger partial charge in [-0.1, -0.05) is 0 Å². The van der Waals surface area contributed by atoms with E-state index < -0.39 is 0 Å². The molecule has 0 heterocycles. The molecule has 3 heteroatoms.